The first-order chi connectivity index (χ1) is 15.9. The zero-order valence-electron chi connectivity index (χ0n) is 18.5. The fourth-order valence-electron chi connectivity index (χ4n) is 4.57. The Morgan fingerprint density at radius 1 is 1.03 bits per heavy atom. The molecule has 0 saturated heterocycles. The van der Waals surface area contributed by atoms with Gasteiger partial charge in [-0.1, -0.05) is 61.4 Å². The standard InChI is InChI=1S/C27H30F3NO2/c28-27(29,30)26(32)19-31(18-20-8-6-11-22(16-20)21-9-4-5-10-21)23-12-7-15-25(17-23)33-24-13-2-1-3-14-24/h1-3,6-8,11-13,15-17,21,24,26,32H,4-5,9-10,14,18-19H2. The summed E-state index contributed by atoms with van der Waals surface area (Å²) in [6.45, 7) is -0.282. The second-order valence-electron chi connectivity index (χ2n) is 8.87. The van der Waals surface area contributed by atoms with Crippen LogP contribution in [0.15, 0.2) is 72.8 Å². The van der Waals surface area contributed by atoms with Crippen molar-refractivity contribution in [3.63, 3.8) is 0 Å². The van der Waals surface area contributed by atoms with Gasteiger partial charge in [0.15, 0.2) is 6.10 Å². The minimum absolute atomic E-state index is 0.109. The highest BCUT2D eigenvalue weighted by Gasteiger charge is 2.39. The molecule has 0 aromatic heterocycles. The summed E-state index contributed by atoms with van der Waals surface area (Å²) in [6, 6.07) is 15.2. The van der Waals surface area contributed by atoms with Crippen LogP contribution in [-0.2, 0) is 6.54 Å². The Bertz CT molecular complexity index is 979. The van der Waals surface area contributed by atoms with Crippen LogP contribution in [-0.4, -0.2) is 30.0 Å². The van der Waals surface area contributed by atoms with Gasteiger partial charge in [-0.3, -0.25) is 0 Å². The van der Waals surface area contributed by atoms with Crippen molar-refractivity contribution in [2.24, 2.45) is 0 Å². The topological polar surface area (TPSA) is 32.7 Å². The third-order valence-electron chi connectivity index (χ3n) is 6.33. The SMILES string of the molecule is OC(CN(Cc1cccc(C2CCCC2)c1)c1cccc(OC2C=CC=CC2)c1)C(F)(F)F. The average molecular weight is 458 g/mol. The van der Waals surface area contributed by atoms with Crippen molar-refractivity contribution in [1.29, 1.82) is 0 Å². The van der Waals surface area contributed by atoms with E-state index < -0.39 is 18.8 Å². The number of rotatable bonds is 8. The van der Waals surface area contributed by atoms with Gasteiger partial charge in [0.2, 0.25) is 0 Å². The first-order valence-electron chi connectivity index (χ1n) is 11.6. The molecule has 176 valence electrons. The van der Waals surface area contributed by atoms with E-state index in [0.717, 1.165) is 24.8 Å². The van der Waals surface area contributed by atoms with Gasteiger partial charge in [-0.2, -0.15) is 13.2 Å². The summed E-state index contributed by atoms with van der Waals surface area (Å²) < 4.78 is 45.6. The fourth-order valence-corrected chi connectivity index (χ4v) is 4.57. The fraction of sp³-hybridized carbons (Fsp3) is 0.407. The van der Waals surface area contributed by atoms with E-state index in [2.05, 4.69) is 12.1 Å². The van der Waals surface area contributed by atoms with E-state index in [1.54, 1.807) is 29.2 Å². The Hall–Kier alpha value is -2.73. The second kappa shape index (κ2) is 10.5. The first-order valence-corrected chi connectivity index (χ1v) is 11.6. The van der Waals surface area contributed by atoms with Gasteiger partial charge in [0.05, 0.1) is 6.54 Å². The summed E-state index contributed by atoms with van der Waals surface area (Å²) in [6.07, 6.45) is 6.10. The summed E-state index contributed by atoms with van der Waals surface area (Å²) >= 11 is 0. The lowest BCUT2D eigenvalue weighted by molar-refractivity contribution is -0.200. The predicted molar refractivity (Wildman–Crippen MR) is 125 cm³/mol. The Labute approximate surface area is 193 Å². The first kappa shape index (κ1) is 23.4. The molecule has 33 heavy (non-hydrogen) atoms. The van der Waals surface area contributed by atoms with Crippen molar-refractivity contribution in [3.05, 3.63) is 84.0 Å². The van der Waals surface area contributed by atoms with Crippen molar-refractivity contribution in [2.75, 3.05) is 11.4 Å². The van der Waals surface area contributed by atoms with E-state index in [4.69, 9.17) is 4.74 Å². The lowest BCUT2D eigenvalue weighted by Crippen LogP contribution is -2.40. The molecule has 4 rings (SSSR count). The van der Waals surface area contributed by atoms with Crippen LogP contribution < -0.4 is 9.64 Å². The molecule has 3 nitrogen and oxygen atoms in total. The second-order valence-corrected chi connectivity index (χ2v) is 8.87. The zero-order chi connectivity index (χ0) is 23.3. The number of ether oxygens (including phenoxy) is 1. The number of anilines is 1. The van der Waals surface area contributed by atoms with E-state index in [0.29, 0.717) is 17.4 Å². The third kappa shape index (κ3) is 6.41. The van der Waals surface area contributed by atoms with E-state index in [1.807, 2.05) is 36.4 Å². The third-order valence-corrected chi connectivity index (χ3v) is 6.33. The van der Waals surface area contributed by atoms with Crippen molar-refractivity contribution in [1.82, 2.24) is 0 Å². The van der Waals surface area contributed by atoms with Gasteiger partial charge in [0.1, 0.15) is 11.9 Å². The molecule has 2 atom stereocenters. The number of halogens is 3. The van der Waals surface area contributed by atoms with E-state index in [-0.39, 0.29) is 12.6 Å². The van der Waals surface area contributed by atoms with Crippen molar-refractivity contribution < 1.29 is 23.0 Å². The smallest absolute Gasteiger partial charge is 0.416 e. The number of allylic oxidation sites excluding steroid dienone is 2. The van der Waals surface area contributed by atoms with Crippen LogP contribution in [0.3, 0.4) is 0 Å². The molecule has 0 radical (unpaired) electrons. The van der Waals surface area contributed by atoms with Crippen molar-refractivity contribution in [3.8, 4) is 5.75 Å². The van der Waals surface area contributed by atoms with Crippen LogP contribution in [0.25, 0.3) is 0 Å². The predicted octanol–water partition coefficient (Wildman–Crippen LogP) is 6.54. The molecule has 2 aromatic carbocycles. The molecule has 2 unspecified atom stereocenters. The number of hydrogen-bond acceptors (Lipinski definition) is 3. The Morgan fingerprint density at radius 2 is 1.82 bits per heavy atom. The average Bonchev–Trinajstić information content (AvgIpc) is 3.34. The number of benzene rings is 2. The van der Waals surface area contributed by atoms with E-state index in [9.17, 15) is 18.3 Å². The molecule has 0 bridgehead atoms. The maximum Gasteiger partial charge on any atom is 0.416 e. The Kier molecular flexibility index (Phi) is 7.43. The summed E-state index contributed by atoms with van der Waals surface area (Å²) in [5.41, 5.74) is 2.76. The van der Waals surface area contributed by atoms with Gasteiger partial charge in [-0.05, 0) is 48.1 Å². The highest BCUT2D eigenvalue weighted by atomic mass is 19.4. The highest BCUT2D eigenvalue weighted by molar-refractivity contribution is 5.52. The molecule has 1 saturated carbocycles. The number of aliphatic hydroxyl groups excluding tert-OH is 1. The molecule has 0 amide bonds. The van der Waals surface area contributed by atoms with E-state index >= 15 is 0 Å². The van der Waals surface area contributed by atoms with Crippen molar-refractivity contribution >= 4 is 5.69 Å². The summed E-state index contributed by atoms with van der Waals surface area (Å²) in [5.74, 6) is 1.11. The minimum atomic E-state index is -4.68. The summed E-state index contributed by atoms with van der Waals surface area (Å²) in [4.78, 5) is 1.58. The maximum atomic E-state index is 13.2. The summed E-state index contributed by atoms with van der Waals surface area (Å²) in [7, 11) is 0. The van der Waals surface area contributed by atoms with Crippen LogP contribution in [0.5, 0.6) is 5.75 Å². The monoisotopic (exact) mass is 457 g/mol. The number of hydrogen-bond donors (Lipinski definition) is 1. The molecule has 2 aliphatic carbocycles. The molecule has 2 aromatic rings. The number of aliphatic hydroxyl groups is 1. The lowest BCUT2D eigenvalue weighted by atomic mass is 9.96. The van der Waals surface area contributed by atoms with Crippen LogP contribution in [0.1, 0.15) is 49.1 Å². The van der Waals surface area contributed by atoms with E-state index in [1.165, 1.54) is 18.4 Å². The maximum absolute atomic E-state index is 13.2. The molecule has 0 aliphatic heterocycles. The van der Waals surface area contributed by atoms with Gasteiger partial charge in [0, 0.05) is 24.7 Å². The molecule has 1 fully saturated rings. The van der Waals surface area contributed by atoms with Gasteiger partial charge < -0.3 is 14.7 Å². The van der Waals surface area contributed by atoms with Crippen LogP contribution in [0, 0.1) is 0 Å². The number of alkyl halides is 3. The van der Waals surface area contributed by atoms with Crippen molar-refractivity contribution in [2.45, 2.75) is 63.0 Å². The molecule has 0 heterocycles. The van der Waals surface area contributed by atoms with Gasteiger partial charge in [-0.15, -0.1) is 0 Å². The lowest BCUT2D eigenvalue weighted by Gasteiger charge is -2.29. The Balaban J connectivity index is 1.56. The molecular weight excluding hydrogens is 427 g/mol. The zero-order valence-corrected chi connectivity index (χ0v) is 18.5. The summed E-state index contributed by atoms with van der Waals surface area (Å²) in [5, 5.41) is 9.84. The Morgan fingerprint density at radius 3 is 2.55 bits per heavy atom. The minimum Gasteiger partial charge on any atom is -0.486 e. The van der Waals surface area contributed by atoms with Crippen LogP contribution in [0.4, 0.5) is 18.9 Å². The molecule has 1 N–H and O–H groups in total. The largest absolute Gasteiger partial charge is 0.486 e. The number of nitrogens with zero attached hydrogens (tertiary/aromatic N) is 1. The van der Waals surface area contributed by atoms with Gasteiger partial charge in [-0.25, -0.2) is 0 Å². The molecule has 0 spiro atoms. The normalized spacial score (nSPS) is 19.6. The van der Waals surface area contributed by atoms with Crippen LogP contribution in [0.2, 0.25) is 0 Å². The highest BCUT2D eigenvalue weighted by Crippen LogP contribution is 2.35. The van der Waals surface area contributed by atoms with Gasteiger partial charge in [0.25, 0.3) is 0 Å². The van der Waals surface area contributed by atoms with Gasteiger partial charge >= 0.3 is 6.18 Å². The quantitative estimate of drug-likeness (QED) is 0.489. The molecule has 2 aliphatic rings. The van der Waals surface area contributed by atoms with Crippen LogP contribution >= 0.6 is 0 Å². The molecular formula is C27H30F3NO2. The molecule has 6 heteroatoms.